The third-order valence-corrected chi connectivity index (χ3v) is 4.67. The van der Waals surface area contributed by atoms with E-state index in [9.17, 15) is 13.2 Å². The number of thiophene rings is 1. The van der Waals surface area contributed by atoms with Crippen LogP contribution in [-0.4, -0.2) is 14.3 Å². The summed E-state index contributed by atoms with van der Waals surface area (Å²) in [6.45, 7) is 3.18. The summed E-state index contributed by atoms with van der Waals surface area (Å²) in [7, 11) is -3.65. The summed E-state index contributed by atoms with van der Waals surface area (Å²) in [6, 6.07) is 6.30. The number of anilines is 2. The Hall–Kier alpha value is -1.86. The number of hydrogen-bond donors (Lipinski definition) is 2. The van der Waals surface area contributed by atoms with Gasteiger partial charge < -0.3 is 5.32 Å². The predicted molar refractivity (Wildman–Crippen MR) is 80.6 cm³/mol. The second-order valence-corrected chi connectivity index (χ2v) is 6.74. The molecule has 0 radical (unpaired) electrons. The molecule has 0 bridgehead atoms. The Morgan fingerprint density at radius 1 is 1.25 bits per heavy atom. The molecule has 0 unspecified atom stereocenters. The number of hydrogen-bond acceptors (Lipinski definition) is 4. The van der Waals surface area contributed by atoms with Crippen molar-refractivity contribution < 1.29 is 13.2 Å². The van der Waals surface area contributed by atoms with Gasteiger partial charge in [0.2, 0.25) is 5.91 Å². The Morgan fingerprint density at radius 2 is 2.00 bits per heavy atom. The van der Waals surface area contributed by atoms with Crippen LogP contribution in [0.4, 0.5) is 11.4 Å². The van der Waals surface area contributed by atoms with Crippen molar-refractivity contribution in [2.75, 3.05) is 10.0 Å². The maximum atomic E-state index is 12.2. The zero-order valence-corrected chi connectivity index (χ0v) is 12.6. The SMILES string of the molecule is CC(=O)Nc1cc(S(=O)(=O)Nc2ccsc2)ccc1C. The molecule has 0 aliphatic rings. The predicted octanol–water partition coefficient (Wildman–Crippen LogP) is 2.82. The molecule has 0 aliphatic heterocycles. The first kappa shape index (κ1) is 14.5. The quantitative estimate of drug-likeness (QED) is 0.912. The molecule has 1 amide bonds. The fourth-order valence-corrected chi connectivity index (χ4v) is 3.37. The van der Waals surface area contributed by atoms with Gasteiger partial charge in [0.15, 0.2) is 0 Å². The molecule has 1 aromatic heterocycles. The van der Waals surface area contributed by atoms with Gasteiger partial charge in [-0.1, -0.05) is 6.07 Å². The molecule has 2 aromatic rings. The van der Waals surface area contributed by atoms with Crippen molar-refractivity contribution in [3.63, 3.8) is 0 Å². The highest BCUT2D eigenvalue weighted by Crippen LogP contribution is 2.23. The lowest BCUT2D eigenvalue weighted by Gasteiger charge is -2.10. The Labute approximate surface area is 121 Å². The second kappa shape index (κ2) is 5.64. The van der Waals surface area contributed by atoms with Crippen LogP contribution in [0.2, 0.25) is 0 Å². The van der Waals surface area contributed by atoms with E-state index < -0.39 is 10.0 Å². The van der Waals surface area contributed by atoms with E-state index in [4.69, 9.17) is 0 Å². The van der Waals surface area contributed by atoms with Crippen LogP contribution < -0.4 is 10.0 Å². The summed E-state index contributed by atoms with van der Waals surface area (Å²) in [4.78, 5) is 11.2. The van der Waals surface area contributed by atoms with Crippen LogP contribution in [0, 0.1) is 6.92 Å². The zero-order valence-electron chi connectivity index (χ0n) is 11.0. The largest absolute Gasteiger partial charge is 0.326 e. The van der Waals surface area contributed by atoms with E-state index >= 15 is 0 Å². The Morgan fingerprint density at radius 3 is 2.60 bits per heavy atom. The van der Waals surface area contributed by atoms with Crippen LogP contribution in [0.1, 0.15) is 12.5 Å². The van der Waals surface area contributed by atoms with Crippen molar-refractivity contribution in [2.45, 2.75) is 18.7 Å². The molecule has 1 heterocycles. The number of amides is 1. The molecule has 2 N–H and O–H groups in total. The molecule has 5 nitrogen and oxygen atoms in total. The summed E-state index contributed by atoms with van der Waals surface area (Å²) in [6.07, 6.45) is 0. The average molecular weight is 310 g/mol. The van der Waals surface area contributed by atoms with Crippen molar-refractivity contribution >= 4 is 38.6 Å². The van der Waals surface area contributed by atoms with Gasteiger partial charge in [0, 0.05) is 18.0 Å². The van der Waals surface area contributed by atoms with Gasteiger partial charge in [0.05, 0.1) is 10.6 Å². The Balaban J connectivity index is 2.34. The lowest BCUT2D eigenvalue weighted by molar-refractivity contribution is -0.114. The molecule has 0 atom stereocenters. The number of carbonyl (C=O) groups is 1. The van der Waals surface area contributed by atoms with Crippen molar-refractivity contribution in [3.05, 3.63) is 40.6 Å². The zero-order chi connectivity index (χ0) is 14.8. The van der Waals surface area contributed by atoms with Gasteiger partial charge in [-0.25, -0.2) is 8.42 Å². The van der Waals surface area contributed by atoms with Crippen LogP contribution in [0.5, 0.6) is 0 Å². The van der Waals surface area contributed by atoms with E-state index in [2.05, 4.69) is 10.0 Å². The van der Waals surface area contributed by atoms with Crippen LogP contribution in [0.25, 0.3) is 0 Å². The Kier molecular flexibility index (Phi) is 4.10. The van der Waals surface area contributed by atoms with E-state index in [-0.39, 0.29) is 10.8 Å². The van der Waals surface area contributed by atoms with E-state index in [0.717, 1.165) is 5.56 Å². The van der Waals surface area contributed by atoms with E-state index in [1.54, 1.807) is 29.8 Å². The smallest absolute Gasteiger partial charge is 0.261 e. The van der Waals surface area contributed by atoms with Crippen molar-refractivity contribution in [3.8, 4) is 0 Å². The average Bonchev–Trinajstić information content (AvgIpc) is 2.83. The minimum Gasteiger partial charge on any atom is -0.326 e. The number of carbonyl (C=O) groups excluding carboxylic acids is 1. The van der Waals surface area contributed by atoms with Crippen LogP contribution in [0.15, 0.2) is 39.9 Å². The summed E-state index contributed by atoms with van der Waals surface area (Å²) in [5.41, 5.74) is 1.82. The number of benzene rings is 1. The van der Waals surface area contributed by atoms with E-state index in [1.807, 2.05) is 0 Å². The number of aryl methyl sites for hydroxylation is 1. The van der Waals surface area contributed by atoms with Crippen LogP contribution in [-0.2, 0) is 14.8 Å². The summed E-state index contributed by atoms with van der Waals surface area (Å²) in [5.74, 6) is -0.242. The van der Waals surface area contributed by atoms with Gasteiger partial charge in [-0.05, 0) is 36.1 Å². The molecule has 0 aliphatic carbocycles. The summed E-state index contributed by atoms with van der Waals surface area (Å²) >= 11 is 1.41. The first-order valence-electron chi connectivity index (χ1n) is 5.82. The van der Waals surface area contributed by atoms with Crippen molar-refractivity contribution in [1.82, 2.24) is 0 Å². The van der Waals surface area contributed by atoms with Gasteiger partial charge >= 0.3 is 0 Å². The Bertz CT molecular complexity index is 722. The molecule has 7 heteroatoms. The van der Waals surface area contributed by atoms with Gasteiger partial charge in [-0.15, -0.1) is 0 Å². The molecule has 0 saturated carbocycles. The monoisotopic (exact) mass is 310 g/mol. The third-order valence-electron chi connectivity index (χ3n) is 2.60. The second-order valence-electron chi connectivity index (χ2n) is 4.28. The molecular formula is C13H14N2O3S2. The summed E-state index contributed by atoms with van der Waals surface area (Å²) in [5, 5.41) is 6.11. The highest BCUT2D eigenvalue weighted by molar-refractivity contribution is 7.92. The minimum absolute atomic E-state index is 0.109. The van der Waals surface area contributed by atoms with E-state index in [0.29, 0.717) is 11.4 Å². The number of nitrogens with one attached hydrogen (secondary N) is 2. The third kappa shape index (κ3) is 3.37. The molecule has 1 aromatic carbocycles. The summed E-state index contributed by atoms with van der Waals surface area (Å²) < 4.78 is 26.9. The molecule has 0 fully saturated rings. The molecule has 0 spiro atoms. The first-order chi connectivity index (χ1) is 9.38. The van der Waals surface area contributed by atoms with Gasteiger partial charge in [0.1, 0.15) is 0 Å². The topological polar surface area (TPSA) is 75.3 Å². The normalized spacial score (nSPS) is 11.1. The van der Waals surface area contributed by atoms with Crippen molar-refractivity contribution in [2.24, 2.45) is 0 Å². The highest BCUT2D eigenvalue weighted by Gasteiger charge is 2.16. The molecule has 0 saturated heterocycles. The molecular weight excluding hydrogens is 296 g/mol. The lowest BCUT2D eigenvalue weighted by atomic mass is 10.2. The van der Waals surface area contributed by atoms with Crippen LogP contribution >= 0.6 is 11.3 Å². The fraction of sp³-hybridized carbons (Fsp3) is 0.154. The van der Waals surface area contributed by atoms with Crippen LogP contribution in [0.3, 0.4) is 0 Å². The standard InChI is InChI=1S/C13H14N2O3S2/c1-9-3-4-12(7-13(9)14-10(2)16)20(17,18)15-11-5-6-19-8-11/h3-8,15H,1-2H3,(H,14,16). The minimum atomic E-state index is -3.65. The molecule has 2 rings (SSSR count). The highest BCUT2D eigenvalue weighted by atomic mass is 32.2. The number of rotatable bonds is 4. The fourth-order valence-electron chi connectivity index (χ4n) is 1.63. The van der Waals surface area contributed by atoms with Gasteiger partial charge in [0.25, 0.3) is 10.0 Å². The van der Waals surface area contributed by atoms with E-state index in [1.165, 1.54) is 30.4 Å². The maximum absolute atomic E-state index is 12.2. The molecule has 106 valence electrons. The maximum Gasteiger partial charge on any atom is 0.261 e. The van der Waals surface area contributed by atoms with Gasteiger partial charge in [-0.2, -0.15) is 11.3 Å². The molecule has 20 heavy (non-hydrogen) atoms. The number of sulfonamides is 1. The van der Waals surface area contributed by atoms with Crippen molar-refractivity contribution in [1.29, 1.82) is 0 Å². The lowest BCUT2D eigenvalue weighted by Crippen LogP contribution is -2.14. The van der Waals surface area contributed by atoms with Gasteiger partial charge in [-0.3, -0.25) is 9.52 Å². The first-order valence-corrected chi connectivity index (χ1v) is 8.24.